The maximum absolute atomic E-state index is 10.3. The van der Waals surface area contributed by atoms with E-state index in [1.807, 2.05) is 78.9 Å². The fourth-order valence-corrected chi connectivity index (χ4v) is 2.32. The SMILES string of the molecule is O=C/C=C/c1ccc(Oc2cccc(COc3ccccc3)c2)cc1. The molecule has 3 aromatic carbocycles. The minimum atomic E-state index is 0.483. The molecule has 0 heterocycles. The lowest BCUT2D eigenvalue weighted by Crippen LogP contribution is -1.95. The van der Waals surface area contributed by atoms with E-state index < -0.39 is 0 Å². The van der Waals surface area contributed by atoms with Crippen LogP contribution in [0.5, 0.6) is 17.2 Å². The quantitative estimate of drug-likeness (QED) is 0.437. The van der Waals surface area contributed by atoms with E-state index in [0.717, 1.165) is 34.7 Å². The van der Waals surface area contributed by atoms with Crippen molar-refractivity contribution in [1.82, 2.24) is 0 Å². The number of allylic oxidation sites excluding steroid dienone is 1. The minimum Gasteiger partial charge on any atom is -0.489 e. The molecule has 0 radical (unpaired) electrons. The van der Waals surface area contributed by atoms with Gasteiger partial charge in [-0.2, -0.15) is 0 Å². The van der Waals surface area contributed by atoms with Gasteiger partial charge < -0.3 is 9.47 Å². The second-order valence-electron chi connectivity index (χ2n) is 5.42. The predicted molar refractivity (Wildman–Crippen MR) is 98.8 cm³/mol. The molecule has 0 fully saturated rings. The Bertz CT molecular complexity index is 837. The number of carbonyl (C=O) groups is 1. The van der Waals surface area contributed by atoms with Gasteiger partial charge >= 0.3 is 0 Å². The molecule has 0 aliphatic heterocycles. The molecule has 0 bridgehead atoms. The molecular formula is C22H18O3. The zero-order valence-electron chi connectivity index (χ0n) is 13.7. The normalized spacial score (nSPS) is 10.6. The molecule has 0 spiro atoms. The number of carbonyl (C=O) groups excluding carboxylic acids is 1. The first kappa shape index (κ1) is 16.5. The topological polar surface area (TPSA) is 35.5 Å². The van der Waals surface area contributed by atoms with E-state index in [4.69, 9.17) is 9.47 Å². The smallest absolute Gasteiger partial charge is 0.142 e. The largest absolute Gasteiger partial charge is 0.489 e. The van der Waals surface area contributed by atoms with Crippen molar-refractivity contribution in [3.63, 3.8) is 0 Å². The maximum Gasteiger partial charge on any atom is 0.142 e. The third kappa shape index (κ3) is 5.08. The number of hydrogen-bond acceptors (Lipinski definition) is 3. The molecule has 3 rings (SSSR count). The van der Waals surface area contributed by atoms with Crippen LogP contribution >= 0.6 is 0 Å². The van der Waals surface area contributed by atoms with Gasteiger partial charge in [0, 0.05) is 0 Å². The third-order valence-corrected chi connectivity index (χ3v) is 3.53. The van der Waals surface area contributed by atoms with Gasteiger partial charge in [0.05, 0.1) is 0 Å². The Labute approximate surface area is 147 Å². The average molecular weight is 330 g/mol. The van der Waals surface area contributed by atoms with Crippen molar-refractivity contribution >= 4 is 12.4 Å². The van der Waals surface area contributed by atoms with Crippen LogP contribution in [-0.4, -0.2) is 6.29 Å². The summed E-state index contributed by atoms with van der Waals surface area (Å²) >= 11 is 0. The second kappa shape index (κ2) is 8.50. The molecule has 0 saturated heterocycles. The summed E-state index contributed by atoms with van der Waals surface area (Å²) in [5.74, 6) is 2.34. The van der Waals surface area contributed by atoms with Crippen LogP contribution in [0.25, 0.3) is 6.08 Å². The summed E-state index contributed by atoms with van der Waals surface area (Å²) in [5, 5.41) is 0. The molecule has 0 atom stereocenters. The van der Waals surface area contributed by atoms with Gasteiger partial charge in [0.25, 0.3) is 0 Å². The average Bonchev–Trinajstić information content (AvgIpc) is 2.67. The predicted octanol–water partition coefficient (Wildman–Crippen LogP) is 5.27. The number of hydrogen-bond donors (Lipinski definition) is 0. The molecule has 25 heavy (non-hydrogen) atoms. The van der Waals surface area contributed by atoms with E-state index in [1.165, 1.54) is 6.08 Å². The van der Waals surface area contributed by atoms with Crippen LogP contribution in [0.1, 0.15) is 11.1 Å². The number of aldehydes is 1. The minimum absolute atomic E-state index is 0.483. The zero-order chi connectivity index (χ0) is 17.3. The van der Waals surface area contributed by atoms with Crippen molar-refractivity contribution in [3.8, 4) is 17.2 Å². The highest BCUT2D eigenvalue weighted by Crippen LogP contribution is 2.23. The summed E-state index contributed by atoms with van der Waals surface area (Å²) < 4.78 is 11.6. The van der Waals surface area contributed by atoms with E-state index in [9.17, 15) is 4.79 Å². The van der Waals surface area contributed by atoms with Gasteiger partial charge in [-0.3, -0.25) is 4.79 Å². The summed E-state index contributed by atoms with van der Waals surface area (Å²) in [4.78, 5) is 10.3. The number of ether oxygens (including phenoxy) is 2. The Hall–Kier alpha value is -3.33. The van der Waals surface area contributed by atoms with Crippen LogP contribution in [0.15, 0.2) is 84.9 Å². The van der Waals surface area contributed by atoms with Crippen LogP contribution in [-0.2, 0) is 11.4 Å². The summed E-state index contributed by atoms with van der Waals surface area (Å²) in [7, 11) is 0. The van der Waals surface area contributed by atoms with Crippen molar-refractivity contribution < 1.29 is 14.3 Å². The molecule has 124 valence electrons. The Balaban J connectivity index is 1.63. The fraction of sp³-hybridized carbons (Fsp3) is 0.0455. The molecule has 0 aliphatic carbocycles. The highest BCUT2D eigenvalue weighted by Gasteiger charge is 2.01. The van der Waals surface area contributed by atoms with E-state index in [-0.39, 0.29) is 0 Å². The molecule has 0 unspecified atom stereocenters. The first-order valence-electron chi connectivity index (χ1n) is 8.00. The Kier molecular flexibility index (Phi) is 5.62. The Morgan fingerprint density at radius 3 is 2.28 bits per heavy atom. The molecule has 0 aliphatic rings. The molecule has 3 nitrogen and oxygen atoms in total. The highest BCUT2D eigenvalue weighted by atomic mass is 16.5. The van der Waals surface area contributed by atoms with Crippen molar-refractivity contribution in [1.29, 1.82) is 0 Å². The van der Waals surface area contributed by atoms with Gasteiger partial charge in [-0.1, -0.05) is 48.5 Å². The van der Waals surface area contributed by atoms with Gasteiger partial charge in [-0.05, 0) is 53.6 Å². The third-order valence-electron chi connectivity index (χ3n) is 3.53. The van der Waals surface area contributed by atoms with E-state index >= 15 is 0 Å². The Morgan fingerprint density at radius 1 is 0.760 bits per heavy atom. The van der Waals surface area contributed by atoms with E-state index in [0.29, 0.717) is 6.61 Å². The molecule has 0 amide bonds. The number of rotatable bonds is 7. The monoisotopic (exact) mass is 330 g/mol. The lowest BCUT2D eigenvalue weighted by molar-refractivity contribution is -0.104. The second-order valence-corrected chi connectivity index (χ2v) is 5.42. The first-order valence-corrected chi connectivity index (χ1v) is 8.00. The van der Waals surface area contributed by atoms with Gasteiger partial charge in [-0.25, -0.2) is 0 Å². The van der Waals surface area contributed by atoms with E-state index in [1.54, 1.807) is 6.08 Å². The summed E-state index contributed by atoms with van der Waals surface area (Å²) in [5.41, 5.74) is 1.98. The summed E-state index contributed by atoms with van der Waals surface area (Å²) in [6.07, 6.45) is 3.97. The van der Waals surface area contributed by atoms with Crippen molar-refractivity contribution in [3.05, 3.63) is 96.1 Å². The standard InChI is InChI=1S/C22H18O3/c23-15-5-7-18-11-13-21(14-12-18)25-22-10-4-6-19(16-22)17-24-20-8-2-1-3-9-20/h1-16H,17H2/b7-5+. The molecule has 0 N–H and O–H groups in total. The number of para-hydroxylation sites is 1. The maximum atomic E-state index is 10.3. The molecule has 3 aromatic rings. The lowest BCUT2D eigenvalue weighted by Gasteiger charge is -2.09. The Morgan fingerprint density at radius 2 is 1.52 bits per heavy atom. The van der Waals surface area contributed by atoms with Gasteiger partial charge in [0.1, 0.15) is 30.1 Å². The molecule has 0 aromatic heterocycles. The summed E-state index contributed by atoms with van der Waals surface area (Å²) in [6.45, 7) is 0.483. The van der Waals surface area contributed by atoms with Crippen LogP contribution in [0.4, 0.5) is 0 Å². The lowest BCUT2D eigenvalue weighted by atomic mass is 10.2. The van der Waals surface area contributed by atoms with Gasteiger partial charge in [0.2, 0.25) is 0 Å². The molecular weight excluding hydrogens is 312 g/mol. The van der Waals surface area contributed by atoms with Gasteiger partial charge in [-0.15, -0.1) is 0 Å². The fourth-order valence-electron chi connectivity index (χ4n) is 2.32. The van der Waals surface area contributed by atoms with Crippen LogP contribution in [0.3, 0.4) is 0 Å². The highest BCUT2D eigenvalue weighted by molar-refractivity contribution is 5.73. The molecule has 3 heteroatoms. The van der Waals surface area contributed by atoms with E-state index in [2.05, 4.69) is 0 Å². The zero-order valence-corrected chi connectivity index (χ0v) is 13.7. The van der Waals surface area contributed by atoms with Crippen molar-refractivity contribution in [2.45, 2.75) is 6.61 Å². The van der Waals surface area contributed by atoms with Crippen molar-refractivity contribution in [2.24, 2.45) is 0 Å². The van der Waals surface area contributed by atoms with Gasteiger partial charge in [0.15, 0.2) is 0 Å². The van der Waals surface area contributed by atoms with Crippen molar-refractivity contribution in [2.75, 3.05) is 0 Å². The van der Waals surface area contributed by atoms with Crippen LogP contribution in [0, 0.1) is 0 Å². The first-order chi connectivity index (χ1) is 12.3. The number of benzene rings is 3. The summed E-state index contributed by atoms with van der Waals surface area (Å²) in [6, 6.07) is 25.1. The molecule has 0 saturated carbocycles. The van der Waals surface area contributed by atoms with Crippen LogP contribution in [0.2, 0.25) is 0 Å². The van der Waals surface area contributed by atoms with Crippen LogP contribution < -0.4 is 9.47 Å².